The standard InChI is InChI=1S/C28H35N9O3/c1-16(38)14-37-11-9-22(31-25(39)24-34-26(40-36-24)28(3,4)5)20-7-6-18(12-19(20)15-37)21-8-10-29-27(32-21)33-23-13-30-35-17(23)2/h6-8,10,12-13,16,22,38H,9,11,14-15H2,1-5H3,(H,30,35)(H,31,39)(H,29,32,33)/t16-,22-/m1/s1. The van der Waals surface area contributed by atoms with Crippen molar-refractivity contribution in [2.45, 2.75) is 65.1 Å². The van der Waals surface area contributed by atoms with E-state index in [1.165, 1.54) is 0 Å². The number of nitrogens with zero attached hydrogens (tertiary/aromatic N) is 6. The topological polar surface area (TPSA) is 158 Å². The zero-order chi connectivity index (χ0) is 28.4. The summed E-state index contributed by atoms with van der Waals surface area (Å²) >= 11 is 0. The molecule has 12 nitrogen and oxygen atoms in total. The van der Waals surface area contributed by atoms with Crippen LogP contribution in [-0.4, -0.2) is 65.4 Å². The molecule has 5 rings (SSSR count). The van der Waals surface area contributed by atoms with Gasteiger partial charge in [-0.15, -0.1) is 0 Å². The number of fused-ring (bicyclic) bond motifs is 1. The first kappa shape index (κ1) is 27.4. The van der Waals surface area contributed by atoms with E-state index in [1.807, 2.05) is 45.9 Å². The summed E-state index contributed by atoms with van der Waals surface area (Å²) in [6.45, 7) is 11.4. The Morgan fingerprint density at radius 1 is 1.27 bits per heavy atom. The van der Waals surface area contributed by atoms with Gasteiger partial charge in [-0.1, -0.05) is 38.1 Å². The molecule has 40 heavy (non-hydrogen) atoms. The van der Waals surface area contributed by atoms with E-state index in [0.29, 0.717) is 37.9 Å². The number of H-pyrrole nitrogens is 1. The number of aromatic nitrogens is 6. The second-order valence-corrected chi connectivity index (χ2v) is 11.3. The van der Waals surface area contributed by atoms with E-state index in [4.69, 9.17) is 9.51 Å². The lowest BCUT2D eigenvalue weighted by Crippen LogP contribution is -2.33. The second kappa shape index (κ2) is 11.1. The highest BCUT2D eigenvalue weighted by molar-refractivity contribution is 5.90. The Morgan fingerprint density at radius 2 is 2.10 bits per heavy atom. The van der Waals surface area contributed by atoms with E-state index < -0.39 is 6.10 Å². The molecule has 0 radical (unpaired) electrons. The zero-order valence-electron chi connectivity index (χ0n) is 23.4. The first-order chi connectivity index (χ1) is 19.1. The Balaban J connectivity index is 1.43. The van der Waals surface area contributed by atoms with Gasteiger partial charge in [-0.25, -0.2) is 9.97 Å². The lowest BCUT2D eigenvalue weighted by atomic mass is 9.96. The number of amides is 1. The van der Waals surface area contributed by atoms with Crippen LogP contribution in [0, 0.1) is 6.92 Å². The predicted octanol–water partition coefficient (Wildman–Crippen LogP) is 3.66. The van der Waals surface area contributed by atoms with Crippen LogP contribution in [0.4, 0.5) is 11.6 Å². The normalized spacial score (nSPS) is 16.7. The molecule has 1 amide bonds. The van der Waals surface area contributed by atoms with Gasteiger partial charge in [0.15, 0.2) is 0 Å². The fourth-order valence-corrected chi connectivity index (χ4v) is 4.73. The quantitative estimate of drug-likeness (QED) is 0.270. The van der Waals surface area contributed by atoms with Crippen LogP contribution in [0.3, 0.4) is 0 Å². The largest absolute Gasteiger partial charge is 0.392 e. The van der Waals surface area contributed by atoms with Crippen molar-refractivity contribution in [2.24, 2.45) is 0 Å². The Morgan fingerprint density at radius 3 is 2.80 bits per heavy atom. The molecule has 0 aliphatic carbocycles. The first-order valence-corrected chi connectivity index (χ1v) is 13.4. The van der Waals surface area contributed by atoms with Crippen molar-refractivity contribution < 1.29 is 14.4 Å². The Kier molecular flexibility index (Phi) is 7.63. The smallest absolute Gasteiger partial charge is 0.293 e. The number of carbonyl (C=O) groups excluding carboxylic acids is 1. The number of aliphatic hydroxyl groups is 1. The van der Waals surface area contributed by atoms with Crippen molar-refractivity contribution >= 4 is 17.5 Å². The fourth-order valence-electron chi connectivity index (χ4n) is 4.73. The maximum atomic E-state index is 13.1. The van der Waals surface area contributed by atoms with Crippen molar-refractivity contribution in [1.82, 2.24) is 40.5 Å². The summed E-state index contributed by atoms with van der Waals surface area (Å²) < 4.78 is 5.33. The number of carbonyl (C=O) groups is 1. The van der Waals surface area contributed by atoms with Gasteiger partial charge in [0.25, 0.3) is 11.7 Å². The third-order valence-corrected chi connectivity index (χ3v) is 6.77. The van der Waals surface area contributed by atoms with Gasteiger partial charge in [-0.05, 0) is 43.5 Å². The zero-order valence-corrected chi connectivity index (χ0v) is 23.4. The summed E-state index contributed by atoms with van der Waals surface area (Å²) in [7, 11) is 0. The average Bonchev–Trinajstić information content (AvgIpc) is 3.52. The van der Waals surface area contributed by atoms with Gasteiger partial charge < -0.3 is 20.3 Å². The van der Waals surface area contributed by atoms with Gasteiger partial charge in [0.1, 0.15) is 0 Å². The predicted molar refractivity (Wildman–Crippen MR) is 149 cm³/mol. The van der Waals surface area contributed by atoms with Gasteiger partial charge in [0.2, 0.25) is 11.8 Å². The van der Waals surface area contributed by atoms with Crippen molar-refractivity contribution in [3.8, 4) is 11.3 Å². The minimum Gasteiger partial charge on any atom is -0.392 e. The summed E-state index contributed by atoms with van der Waals surface area (Å²) in [6, 6.07) is 7.73. The third kappa shape index (κ3) is 6.18. The number of β-amino-alcohol motifs (C(OH)–C–C–N with tert-alkyl or cyclic N) is 1. The van der Waals surface area contributed by atoms with Crippen LogP contribution in [0.1, 0.15) is 73.5 Å². The highest BCUT2D eigenvalue weighted by Gasteiger charge is 2.28. The maximum absolute atomic E-state index is 13.1. The molecule has 0 spiro atoms. The van der Waals surface area contributed by atoms with Gasteiger partial charge in [0.05, 0.1) is 35.4 Å². The van der Waals surface area contributed by atoms with Crippen molar-refractivity contribution in [3.05, 3.63) is 65.2 Å². The number of nitrogens with one attached hydrogen (secondary N) is 3. The van der Waals surface area contributed by atoms with Gasteiger partial charge in [-0.3, -0.25) is 14.8 Å². The third-order valence-electron chi connectivity index (χ3n) is 6.77. The SMILES string of the molecule is Cc1[nH]ncc1Nc1nccc(-c2ccc3c(c2)CN(C[C@@H](C)O)CC[C@H]3NC(=O)c2noc(C(C)(C)C)n2)n1. The minimum absolute atomic E-state index is 0.0158. The van der Waals surface area contributed by atoms with Gasteiger partial charge in [0, 0.05) is 36.8 Å². The van der Waals surface area contributed by atoms with E-state index in [0.717, 1.165) is 33.8 Å². The second-order valence-electron chi connectivity index (χ2n) is 11.3. The number of aryl methyl sites for hydroxylation is 1. The Labute approximate surface area is 232 Å². The van der Waals surface area contributed by atoms with Crippen LogP contribution in [0.2, 0.25) is 0 Å². The highest BCUT2D eigenvalue weighted by atomic mass is 16.5. The molecule has 210 valence electrons. The molecule has 1 aliphatic heterocycles. The number of benzene rings is 1. The molecule has 12 heteroatoms. The van der Waals surface area contributed by atoms with Gasteiger partial charge in [-0.2, -0.15) is 10.1 Å². The molecule has 0 saturated heterocycles. The van der Waals surface area contributed by atoms with Crippen LogP contribution in [0.25, 0.3) is 11.3 Å². The Hall–Kier alpha value is -4.16. The van der Waals surface area contributed by atoms with E-state index >= 15 is 0 Å². The van der Waals surface area contributed by atoms with E-state index in [2.05, 4.69) is 46.9 Å². The molecule has 0 saturated carbocycles. The molecule has 4 heterocycles. The van der Waals surface area contributed by atoms with Crippen LogP contribution in [0.15, 0.2) is 41.2 Å². The number of anilines is 2. The summed E-state index contributed by atoms with van der Waals surface area (Å²) in [6.07, 6.45) is 3.60. The van der Waals surface area contributed by atoms with E-state index in [-0.39, 0.29) is 23.2 Å². The number of aliphatic hydroxyl groups excluding tert-OH is 1. The van der Waals surface area contributed by atoms with Crippen LogP contribution >= 0.6 is 0 Å². The fraction of sp³-hybridized carbons (Fsp3) is 0.429. The number of rotatable bonds is 7. The number of hydrogen-bond donors (Lipinski definition) is 4. The summed E-state index contributed by atoms with van der Waals surface area (Å²) in [5.41, 5.74) is 5.07. The maximum Gasteiger partial charge on any atom is 0.293 e. The highest BCUT2D eigenvalue weighted by Crippen LogP contribution is 2.31. The monoisotopic (exact) mass is 545 g/mol. The molecule has 1 aromatic carbocycles. The van der Waals surface area contributed by atoms with E-state index in [9.17, 15) is 9.90 Å². The summed E-state index contributed by atoms with van der Waals surface area (Å²) in [4.78, 5) is 28.7. The van der Waals surface area contributed by atoms with Crippen molar-refractivity contribution in [3.63, 3.8) is 0 Å². The summed E-state index contributed by atoms with van der Waals surface area (Å²) in [5, 5.41) is 27.2. The summed E-state index contributed by atoms with van der Waals surface area (Å²) in [5.74, 6) is 0.507. The molecule has 3 aromatic heterocycles. The number of hydrogen-bond acceptors (Lipinski definition) is 10. The molecular weight excluding hydrogens is 510 g/mol. The lowest BCUT2D eigenvalue weighted by molar-refractivity contribution is 0.0913. The lowest BCUT2D eigenvalue weighted by Gasteiger charge is -2.22. The van der Waals surface area contributed by atoms with Crippen LogP contribution < -0.4 is 10.6 Å². The molecule has 4 N–H and O–H groups in total. The minimum atomic E-state index is -0.477. The van der Waals surface area contributed by atoms with Crippen molar-refractivity contribution in [1.29, 1.82) is 0 Å². The first-order valence-electron chi connectivity index (χ1n) is 13.4. The molecule has 2 atom stereocenters. The molecule has 0 unspecified atom stereocenters. The average molecular weight is 546 g/mol. The number of aromatic amines is 1. The molecule has 4 aromatic rings. The van der Waals surface area contributed by atoms with Crippen LogP contribution in [-0.2, 0) is 12.0 Å². The molecular formula is C28H35N9O3. The van der Waals surface area contributed by atoms with Crippen molar-refractivity contribution in [2.75, 3.05) is 18.4 Å². The molecule has 1 aliphatic rings. The van der Waals surface area contributed by atoms with Gasteiger partial charge >= 0.3 is 0 Å². The van der Waals surface area contributed by atoms with Crippen LogP contribution in [0.5, 0.6) is 0 Å². The molecule has 0 fully saturated rings. The van der Waals surface area contributed by atoms with E-state index in [1.54, 1.807) is 19.3 Å². The Bertz CT molecular complexity index is 1490. The molecule has 0 bridgehead atoms.